The second kappa shape index (κ2) is 13.0. The first-order valence-electron chi connectivity index (χ1n) is 12.0. The molecule has 1 aromatic heterocycles. The highest BCUT2D eigenvalue weighted by Gasteiger charge is 2.18. The van der Waals surface area contributed by atoms with Crippen molar-refractivity contribution in [2.75, 3.05) is 6.61 Å². The highest BCUT2D eigenvalue weighted by atomic mass is 35.5. The molecule has 0 bridgehead atoms. The average molecular weight is 556 g/mol. The first-order valence-corrected chi connectivity index (χ1v) is 13.8. The molecule has 0 aliphatic rings. The van der Waals surface area contributed by atoms with E-state index in [4.69, 9.17) is 27.9 Å². The van der Waals surface area contributed by atoms with Gasteiger partial charge in [-0.05, 0) is 66.9 Å². The zero-order valence-corrected chi connectivity index (χ0v) is 23.0. The van der Waals surface area contributed by atoms with Crippen molar-refractivity contribution in [1.82, 2.24) is 20.1 Å². The monoisotopic (exact) mass is 554 g/mol. The number of hydrogen-bond acceptors (Lipinski definition) is 5. The van der Waals surface area contributed by atoms with Gasteiger partial charge >= 0.3 is 0 Å². The summed E-state index contributed by atoms with van der Waals surface area (Å²) in [7, 11) is 0. The van der Waals surface area contributed by atoms with E-state index in [1.54, 1.807) is 48.2 Å². The van der Waals surface area contributed by atoms with E-state index in [0.717, 1.165) is 24.3 Å². The minimum absolute atomic E-state index is 0.171. The summed E-state index contributed by atoms with van der Waals surface area (Å²) in [5.74, 6) is 1.81. The summed E-state index contributed by atoms with van der Waals surface area (Å²) in [6, 6.07) is 20.6. The second-order valence-corrected chi connectivity index (χ2v) is 10.2. The Kier molecular flexibility index (Phi) is 9.50. The third-order valence-electron chi connectivity index (χ3n) is 5.76. The summed E-state index contributed by atoms with van der Waals surface area (Å²) in [5, 5.41) is 13.4. The lowest BCUT2D eigenvalue weighted by Gasteiger charge is -2.13. The van der Waals surface area contributed by atoms with Crippen LogP contribution in [0.1, 0.15) is 47.1 Å². The van der Waals surface area contributed by atoms with E-state index in [9.17, 15) is 4.79 Å². The van der Waals surface area contributed by atoms with Gasteiger partial charge in [-0.15, -0.1) is 10.2 Å². The number of nitrogens with zero attached hydrogens (tertiary/aromatic N) is 3. The van der Waals surface area contributed by atoms with Crippen molar-refractivity contribution in [3.05, 3.63) is 99.3 Å². The predicted molar refractivity (Wildman–Crippen MR) is 150 cm³/mol. The molecule has 4 rings (SSSR count). The van der Waals surface area contributed by atoms with Crippen LogP contribution in [0.4, 0.5) is 0 Å². The summed E-state index contributed by atoms with van der Waals surface area (Å²) in [6.07, 6.45) is 2.06. The van der Waals surface area contributed by atoms with Gasteiger partial charge in [-0.2, -0.15) is 0 Å². The number of hydrogen-bond donors (Lipinski definition) is 1. The first kappa shape index (κ1) is 27.0. The standard InChI is InChI=1S/C28H28Cl2N4O2S/c1-3-4-15-36-23-12-9-20(10-13-23)27(35)31-17-26-32-33-28(37-18-21-8-6-5-7-19(21)2)34(26)25-14-11-22(29)16-24(25)30/h5-14,16H,3-4,15,17-18H2,1-2H3,(H,31,35). The van der Waals surface area contributed by atoms with Crippen molar-refractivity contribution in [3.63, 3.8) is 0 Å². The van der Waals surface area contributed by atoms with Gasteiger partial charge in [-0.1, -0.05) is 72.6 Å². The number of nitrogens with one attached hydrogen (secondary N) is 1. The molecule has 3 aromatic carbocycles. The maximum absolute atomic E-state index is 12.8. The Bertz CT molecular complexity index is 1360. The molecule has 6 nitrogen and oxygen atoms in total. The molecule has 0 saturated heterocycles. The van der Waals surface area contributed by atoms with Gasteiger partial charge in [0, 0.05) is 16.3 Å². The summed E-state index contributed by atoms with van der Waals surface area (Å²) >= 11 is 14.2. The van der Waals surface area contributed by atoms with Gasteiger partial charge in [0.25, 0.3) is 5.91 Å². The van der Waals surface area contributed by atoms with Crippen molar-refractivity contribution in [1.29, 1.82) is 0 Å². The number of ether oxygens (including phenoxy) is 1. The molecule has 4 aromatic rings. The minimum Gasteiger partial charge on any atom is -0.494 e. The molecular weight excluding hydrogens is 527 g/mol. The molecule has 9 heteroatoms. The quantitative estimate of drug-likeness (QED) is 0.156. The number of halogens is 2. The fourth-order valence-electron chi connectivity index (χ4n) is 3.63. The van der Waals surface area contributed by atoms with E-state index in [2.05, 4.69) is 41.5 Å². The summed E-state index contributed by atoms with van der Waals surface area (Å²) in [6.45, 7) is 5.03. The maximum atomic E-state index is 12.8. The number of carbonyl (C=O) groups excluding carboxylic acids is 1. The number of unbranched alkanes of at least 4 members (excludes halogenated alkanes) is 1. The molecule has 0 unspecified atom stereocenters. The molecule has 0 fully saturated rings. The Hall–Kier alpha value is -3.00. The van der Waals surface area contributed by atoms with E-state index in [1.165, 1.54) is 11.1 Å². The SMILES string of the molecule is CCCCOc1ccc(C(=O)NCc2nnc(SCc3ccccc3C)n2-c2ccc(Cl)cc2Cl)cc1. The van der Waals surface area contributed by atoms with Crippen molar-refractivity contribution in [3.8, 4) is 11.4 Å². The molecule has 1 heterocycles. The average Bonchev–Trinajstić information content (AvgIpc) is 3.30. The van der Waals surface area contributed by atoms with Crippen LogP contribution in [-0.4, -0.2) is 27.3 Å². The molecule has 0 radical (unpaired) electrons. The van der Waals surface area contributed by atoms with Crippen molar-refractivity contribution in [2.45, 2.75) is 44.1 Å². The Morgan fingerprint density at radius 2 is 1.84 bits per heavy atom. The van der Waals surface area contributed by atoms with Gasteiger partial charge in [-0.3, -0.25) is 9.36 Å². The van der Waals surface area contributed by atoms with Crippen molar-refractivity contribution in [2.24, 2.45) is 0 Å². The Morgan fingerprint density at radius 3 is 2.57 bits per heavy atom. The van der Waals surface area contributed by atoms with Crippen LogP contribution in [0.15, 0.2) is 71.9 Å². The largest absolute Gasteiger partial charge is 0.494 e. The van der Waals surface area contributed by atoms with Crippen LogP contribution in [-0.2, 0) is 12.3 Å². The van der Waals surface area contributed by atoms with Crippen LogP contribution in [0.5, 0.6) is 5.75 Å². The molecule has 0 saturated carbocycles. The van der Waals surface area contributed by atoms with Gasteiger partial charge in [0.2, 0.25) is 0 Å². The second-order valence-electron chi connectivity index (χ2n) is 8.45. The fourth-order valence-corrected chi connectivity index (χ4v) is 5.16. The van der Waals surface area contributed by atoms with Crippen LogP contribution in [0.2, 0.25) is 10.0 Å². The zero-order chi connectivity index (χ0) is 26.2. The highest BCUT2D eigenvalue weighted by Crippen LogP contribution is 2.31. The molecule has 0 aliphatic carbocycles. The van der Waals surface area contributed by atoms with E-state index in [-0.39, 0.29) is 12.5 Å². The number of amides is 1. The number of aromatic nitrogens is 3. The molecule has 1 N–H and O–H groups in total. The van der Waals surface area contributed by atoms with E-state index >= 15 is 0 Å². The lowest BCUT2D eigenvalue weighted by atomic mass is 10.1. The van der Waals surface area contributed by atoms with Crippen LogP contribution >= 0.6 is 35.0 Å². The third kappa shape index (κ3) is 7.06. The number of carbonyl (C=O) groups is 1. The molecule has 0 atom stereocenters. The Morgan fingerprint density at radius 1 is 1.05 bits per heavy atom. The van der Waals surface area contributed by atoms with Gasteiger partial charge in [-0.25, -0.2) is 0 Å². The number of aryl methyl sites for hydroxylation is 1. The highest BCUT2D eigenvalue weighted by molar-refractivity contribution is 7.98. The molecular formula is C28H28Cl2N4O2S. The third-order valence-corrected chi connectivity index (χ3v) is 7.27. The Labute approximate surface area is 231 Å². The summed E-state index contributed by atoms with van der Waals surface area (Å²) in [4.78, 5) is 12.8. The lowest BCUT2D eigenvalue weighted by Crippen LogP contribution is -2.24. The predicted octanol–water partition coefficient (Wildman–Crippen LogP) is 7.28. The topological polar surface area (TPSA) is 69.0 Å². The lowest BCUT2D eigenvalue weighted by molar-refractivity contribution is 0.0949. The molecule has 1 amide bonds. The molecule has 0 spiro atoms. The first-order chi connectivity index (χ1) is 18.0. The smallest absolute Gasteiger partial charge is 0.251 e. The number of benzene rings is 3. The van der Waals surface area contributed by atoms with Crippen molar-refractivity contribution >= 4 is 40.9 Å². The van der Waals surface area contributed by atoms with Crippen LogP contribution in [0.3, 0.4) is 0 Å². The fraction of sp³-hybridized carbons (Fsp3) is 0.250. The van der Waals surface area contributed by atoms with Crippen molar-refractivity contribution < 1.29 is 9.53 Å². The maximum Gasteiger partial charge on any atom is 0.251 e. The normalized spacial score (nSPS) is 10.9. The van der Waals surface area contributed by atoms with Gasteiger partial charge in [0.15, 0.2) is 11.0 Å². The van der Waals surface area contributed by atoms with Crippen LogP contribution < -0.4 is 10.1 Å². The number of rotatable bonds is 11. The van der Waals surface area contributed by atoms with Crippen LogP contribution in [0.25, 0.3) is 5.69 Å². The summed E-state index contributed by atoms with van der Waals surface area (Å²) < 4.78 is 7.55. The van der Waals surface area contributed by atoms with Gasteiger partial charge < -0.3 is 10.1 Å². The molecule has 192 valence electrons. The minimum atomic E-state index is -0.217. The van der Waals surface area contributed by atoms with E-state index in [0.29, 0.717) is 38.9 Å². The van der Waals surface area contributed by atoms with E-state index < -0.39 is 0 Å². The molecule has 0 aliphatic heterocycles. The molecule has 37 heavy (non-hydrogen) atoms. The number of thioether (sulfide) groups is 1. The van der Waals surface area contributed by atoms with Gasteiger partial charge in [0.1, 0.15) is 5.75 Å². The van der Waals surface area contributed by atoms with E-state index in [1.807, 2.05) is 22.8 Å². The van der Waals surface area contributed by atoms with Gasteiger partial charge in [0.05, 0.1) is 23.9 Å². The zero-order valence-electron chi connectivity index (χ0n) is 20.7. The Balaban J connectivity index is 1.52. The summed E-state index contributed by atoms with van der Waals surface area (Å²) in [5.41, 5.74) is 3.65. The van der Waals surface area contributed by atoms with Crippen LogP contribution in [0, 0.1) is 6.92 Å².